The van der Waals surface area contributed by atoms with Gasteiger partial charge in [-0.15, -0.1) is 0 Å². The van der Waals surface area contributed by atoms with Gasteiger partial charge < -0.3 is 10.5 Å². The van der Waals surface area contributed by atoms with Crippen LogP contribution in [0.3, 0.4) is 0 Å². The van der Waals surface area contributed by atoms with Crippen LogP contribution in [0.15, 0.2) is 41.3 Å². The van der Waals surface area contributed by atoms with Crippen LogP contribution in [0.1, 0.15) is 11.1 Å². The van der Waals surface area contributed by atoms with Crippen LogP contribution >= 0.6 is 0 Å². The Hall–Kier alpha value is -2.21. The molecule has 2 aromatic rings. The summed E-state index contributed by atoms with van der Waals surface area (Å²) in [6.45, 7) is 3.63. The number of anilines is 2. The molecule has 0 heterocycles. The smallest absolute Gasteiger partial charge is 0.262 e. The van der Waals surface area contributed by atoms with Gasteiger partial charge in [0.1, 0.15) is 5.75 Å². The van der Waals surface area contributed by atoms with E-state index in [1.165, 1.54) is 13.2 Å². The maximum Gasteiger partial charge on any atom is 0.262 e. The van der Waals surface area contributed by atoms with E-state index in [-0.39, 0.29) is 4.90 Å². The van der Waals surface area contributed by atoms with Crippen LogP contribution in [-0.4, -0.2) is 15.5 Å². The van der Waals surface area contributed by atoms with Crippen molar-refractivity contribution >= 4 is 21.4 Å². The van der Waals surface area contributed by atoms with Crippen molar-refractivity contribution in [2.24, 2.45) is 0 Å². The van der Waals surface area contributed by atoms with E-state index in [1.807, 2.05) is 13.0 Å². The standard InChI is InChI=1S/C15H18N2O3S/c1-10-4-7-13(14(8-10)20-3)17-21(18,19)15-9-12(16)6-5-11(15)2/h4-9,17H,16H2,1-3H3. The van der Waals surface area contributed by atoms with Gasteiger partial charge in [0.05, 0.1) is 17.7 Å². The highest BCUT2D eigenvalue weighted by molar-refractivity contribution is 7.92. The molecular weight excluding hydrogens is 288 g/mol. The Morgan fingerprint density at radius 3 is 2.48 bits per heavy atom. The minimum absolute atomic E-state index is 0.158. The van der Waals surface area contributed by atoms with E-state index in [4.69, 9.17) is 10.5 Å². The number of nitrogens with two attached hydrogens (primary N) is 1. The molecular formula is C15H18N2O3S. The highest BCUT2D eigenvalue weighted by Gasteiger charge is 2.19. The molecule has 2 rings (SSSR count). The monoisotopic (exact) mass is 306 g/mol. The molecule has 0 saturated carbocycles. The predicted molar refractivity (Wildman–Crippen MR) is 84.1 cm³/mol. The second kappa shape index (κ2) is 5.65. The Morgan fingerprint density at radius 2 is 1.81 bits per heavy atom. The molecule has 0 amide bonds. The zero-order valence-corrected chi connectivity index (χ0v) is 13.0. The van der Waals surface area contributed by atoms with Crippen molar-refractivity contribution in [2.45, 2.75) is 18.7 Å². The average Bonchev–Trinajstić information content (AvgIpc) is 2.43. The van der Waals surface area contributed by atoms with E-state index >= 15 is 0 Å². The molecule has 5 nitrogen and oxygen atoms in total. The third-order valence-electron chi connectivity index (χ3n) is 3.10. The van der Waals surface area contributed by atoms with Crippen molar-refractivity contribution in [2.75, 3.05) is 17.6 Å². The van der Waals surface area contributed by atoms with E-state index in [1.54, 1.807) is 31.2 Å². The van der Waals surface area contributed by atoms with E-state index in [9.17, 15) is 8.42 Å². The first-order chi connectivity index (χ1) is 9.83. The number of ether oxygens (including phenoxy) is 1. The molecule has 0 aliphatic heterocycles. The summed E-state index contributed by atoms with van der Waals surface area (Å²) in [5.41, 5.74) is 8.08. The summed E-state index contributed by atoms with van der Waals surface area (Å²) in [4.78, 5) is 0.158. The Kier molecular flexibility index (Phi) is 4.09. The second-order valence-electron chi connectivity index (χ2n) is 4.83. The highest BCUT2D eigenvalue weighted by atomic mass is 32.2. The number of sulfonamides is 1. The second-order valence-corrected chi connectivity index (χ2v) is 6.48. The summed E-state index contributed by atoms with van der Waals surface area (Å²) in [7, 11) is -2.22. The van der Waals surface area contributed by atoms with E-state index in [0.29, 0.717) is 22.7 Å². The number of benzene rings is 2. The predicted octanol–water partition coefficient (Wildman–Crippen LogP) is 2.70. The number of nitrogens with one attached hydrogen (secondary N) is 1. The fourth-order valence-corrected chi connectivity index (χ4v) is 3.34. The number of rotatable bonds is 4. The van der Waals surface area contributed by atoms with Crippen molar-refractivity contribution in [3.05, 3.63) is 47.5 Å². The fourth-order valence-electron chi connectivity index (χ4n) is 1.99. The molecule has 2 aromatic carbocycles. The Bertz CT molecular complexity index is 770. The summed E-state index contributed by atoms with van der Waals surface area (Å²) in [5.74, 6) is 0.472. The van der Waals surface area contributed by atoms with Crippen LogP contribution in [0.2, 0.25) is 0 Å². The van der Waals surface area contributed by atoms with Gasteiger partial charge in [0.2, 0.25) is 0 Å². The molecule has 6 heteroatoms. The molecule has 0 aliphatic carbocycles. The van der Waals surface area contributed by atoms with E-state index in [2.05, 4.69) is 4.72 Å². The van der Waals surface area contributed by atoms with Gasteiger partial charge in [0.15, 0.2) is 0 Å². The molecule has 112 valence electrons. The lowest BCUT2D eigenvalue weighted by molar-refractivity contribution is 0.416. The molecule has 0 radical (unpaired) electrons. The minimum Gasteiger partial charge on any atom is -0.495 e. The maximum absolute atomic E-state index is 12.5. The van der Waals surface area contributed by atoms with Crippen LogP contribution in [0.5, 0.6) is 5.75 Å². The molecule has 0 saturated heterocycles. The quantitative estimate of drug-likeness (QED) is 0.851. The van der Waals surface area contributed by atoms with E-state index in [0.717, 1.165) is 5.56 Å². The van der Waals surface area contributed by atoms with Crippen LogP contribution in [0.4, 0.5) is 11.4 Å². The van der Waals surface area contributed by atoms with Gasteiger partial charge in [-0.05, 0) is 49.2 Å². The lowest BCUT2D eigenvalue weighted by atomic mass is 10.2. The number of nitrogen functional groups attached to an aromatic ring is 1. The van der Waals surface area contributed by atoms with Crippen molar-refractivity contribution in [3.8, 4) is 5.75 Å². The van der Waals surface area contributed by atoms with Crippen molar-refractivity contribution in [1.82, 2.24) is 0 Å². The molecule has 21 heavy (non-hydrogen) atoms. The zero-order valence-electron chi connectivity index (χ0n) is 12.2. The van der Waals surface area contributed by atoms with Gasteiger partial charge in [-0.1, -0.05) is 12.1 Å². The van der Waals surface area contributed by atoms with Crippen molar-refractivity contribution < 1.29 is 13.2 Å². The molecule has 3 N–H and O–H groups in total. The van der Waals surface area contributed by atoms with E-state index < -0.39 is 10.0 Å². The SMILES string of the molecule is COc1cc(C)ccc1NS(=O)(=O)c1cc(N)ccc1C. The van der Waals surface area contributed by atoms with Crippen LogP contribution < -0.4 is 15.2 Å². The third kappa shape index (κ3) is 3.28. The topological polar surface area (TPSA) is 81.4 Å². The summed E-state index contributed by atoms with van der Waals surface area (Å²) in [6.07, 6.45) is 0. The fraction of sp³-hybridized carbons (Fsp3) is 0.200. The molecule has 0 atom stereocenters. The van der Waals surface area contributed by atoms with Gasteiger partial charge >= 0.3 is 0 Å². The molecule has 0 unspecified atom stereocenters. The van der Waals surface area contributed by atoms with Crippen molar-refractivity contribution in [1.29, 1.82) is 0 Å². The number of hydrogen-bond donors (Lipinski definition) is 2. The summed E-state index contributed by atoms with van der Waals surface area (Å²) in [5, 5.41) is 0. The molecule has 0 bridgehead atoms. The molecule has 0 aliphatic rings. The third-order valence-corrected chi connectivity index (χ3v) is 4.61. The van der Waals surface area contributed by atoms with Crippen LogP contribution in [-0.2, 0) is 10.0 Å². The van der Waals surface area contributed by atoms with Crippen molar-refractivity contribution in [3.63, 3.8) is 0 Å². The summed E-state index contributed by atoms with van der Waals surface area (Å²) in [6, 6.07) is 10.0. The molecule has 0 spiro atoms. The highest BCUT2D eigenvalue weighted by Crippen LogP contribution is 2.29. The average molecular weight is 306 g/mol. The number of hydrogen-bond acceptors (Lipinski definition) is 4. The maximum atomic E-state index is 12.5. The Labute approximate surface area is 124 Å². The Morgan fingerprint density at radius 1 is 1.10 bits per heavy atom. The van der Waals surface area contributed by atoms with Crippen LogP contribution in [0, 0.1) is 13.8 Å². The first kappa shape index (κ1) is 15.2. The first-order valence-corrected chi connectivity index (χ1v) is 7.85. The largest absolute Gasteiger partial charge is 0.495 e. The van der Waals surface area contributed by atoms with Gasteiger partial charge in [0.25, 0.3) is 10.0 Å². The van der Waals surface area contributed by atoms with Crippen LogP contribution in [0.25, 0.3) is 0 Å². The lowest BCUT2D eigenvalue weighted by Crippen LogP contribution is -2.15. The summed E-state index contributed by atoms with van der Waals surface area (Å²) < 4.78 is 32.8. The minimum atomic E-state index is -3.72. The zero-order chi connectivity index (χ0) is 15.6. The van der Waals surface area contributed by atoms with Gasteiger partial charge in [0, 0.05) is 5.69 Å². The van der Waals surface area contributed by atoms with Gasteiger partial charge in [-0.25, -0.2) is 8.42 Å². The first-order valence-electron chi connectivity index (χ1n) is 6.37. The molecule has 0 aromatic heterocycles. The number of methoxy groups -OCH3 is 1. The lowest BCUT2D eigenvalue weighted by Gasteiger charge is -2.14. The normalized spacial score (nSPS) is 11.2. The van der Waals surface area contributed by atoms with Gasteiger partial charge in [-0.3, -0.25) is 4.72 Å². The Balaban J connectivity index is 2.45. The summed E-state index contributed by atoms with van der Waals surface area (Å²) >= 11 is 0. The number of aryl methyl sites for hydroxylation is 2. The molecule has 0 fully saturated rings. The van der Waals surface area contributed by atoms with Gasteiger partial charge in [-0.2, -0.15) is 0 Å².